The zero-order chi connectivity index (χ0) is 31.4. The molecule has 0 radical (unpaired) electrons. The van der Waals surface area contributed by atoms with Gasteiger partial charge in [0.25, 0.3) is 0 Å². The maximum Gasteiger partial charge on any atom is 0.323 e. The molecule has 0 saturated carbocycles. The highest BCUT2D eigenvalue weighted by Crippen LogP contribution is 2.46. The summed E-state index contributed by atoms with van der Waals surface area (Å²) in [6.07, 6.45) is 5.19. The SMILES string of the molecule is COC(=O)[C@@H]1CCCN1C/C=C1\CN(C(c2ccccc2)(c2ccccc2)c2ccccc2)CCC1O[Si](C)(C)C(C)(C)C. The van der Waals surface area contributed by atoms with Crippen LogP contribution in [-0.4, -0.2) is 69.5 Å². The molecule has 3 aromatic carbocycles. The number of piperidine rings is 1. The Morgan fingerprint density at radius 3 is 1.84 bits per heavy atom. The normalized spacial score (nSPS) is 21.5. The van der Waals surface area contributed by atoms with Crippen LogP contribution in [0, 0.1) is 0 Å². The number of esters is 1. The molecular weight excluding hydrogens is 561 g/mol. The van der Waals surface area contributed by atoms with Crippen molar-refractivity contribution >= 4 is 14.3 Å². The second-order valence-electron chi connectivity index (χ2n) is 13.8. The van der Waals surface area contributed by atoms with E-state index in [1.54, 1.807) is 0 Å². The highest BCUT2D eigenvalue weighted by molar-refractivity contribution is 6.74. The molecule has 3 aromatic rings. The van der Waals surface area contributed by atoms with Gasteiger partial charge in [0.05, 0.1) is 18.8 Å². The van der Waals surface area contributed by atoms with Crippen LogP contribution >= 0.6 is 0 Å². The summed E-state index contributed by atoms with van der Waals surface area (Å²) in [7, 11) is -0.543. The number of nitrogens with zero attached hydrogens (tertiary/aromatic N) is 2. The van der Waals surface area contributed by atoms with E-state index in [0.29, 0.717) is 0 Å². The fourth-order valence-corrected chi connectivity index (χ4v) is 8.11. The summed E-state index contributed by atoms with van der Waals surface area (Å²) in [6.45, 7) is 14.9. The van der Waals surface area contributed by atoms with Crippen LogP contribution in [0.4, 0.5) is 0 Å². The third-order valence-corrected chi connectivity index (χ3v) is 14.7. The Kier molecular flexibility index (Phi) is 9.95. The van der Waals surface area contributed by atoms with Crippen molar-refractivity contribution in [1.29, 1.82) is 0 Å². The Morgan fingerprint density at radius 2 is 1.36 bits per heavy atom. The molecule has 2 aliphatic rings. The van der Waals surface area contributed by atoms with Crippen LogP contribution in [-0.2, 0) is 19.5 Å². The van der Waals surface area contributed by atoms with Crippen LogP contribution in [0.25, 0.3) is 0 Å². The van der Waals surface area contributed by atoms with Crippen LogP contribution in [0.5, 0.6) is 0 Å². The smallest absolute Gasteiger partial charge is 0.323 e. The second-order valence-corrected chi connectivity index (χ2v) is 18.6. The lowest BCUT2D eigenvalue weighted by molar-refractivity contribution is -0.145. The summed E-state index contributed by atoms with van der Waals surface area (Å²) in [4.78, 5) is 17.5. The quantitative estimate of drug-likeness (QED) is 0.108. The fraction of sp³-hybridized carbons (Fsp3) is 0.447. The molecule has 5 nitrogen and oxygen atoms in total. The molecule has 0 amide bonds. The van der Waals surface area contributed by atoms with Gasteiger partial charge in [0.15, 0.2) is 8.32 Å². The Hall–Kier alpha value is -3.03. The Bertz CT molecular complexity index is 1310. The molecule has 5 rings (SSSR count). The predicted molar refractivity (Wildman–Crippen MR) is 182 cm³/mol. The summed E-state index contributed by atoms with van der Waals surface area (Å²) < 4.78 is 12.3. The van der Waals surface area contributed by atoms with E-state index in [-0.39, 0.29) is 23.2 Å². The number of likely N-dealkylation sites (tertiary alicyclic amines) is 2. The van der Waals surface area contributed by atoms with Crippen molar-refractivity contribution in [1.82, 2.24) is 9.80 Å². The molecule has 2 fully saturated rings. The molecule has 0 bridgehead atoms. The molecule has 2 saturated heterocycles. The molecule has 6 heteroatoms. The summed E-state index contributed by atoms with van der Waals surface area (Å²) >= 11 is 0. The monoisotopic (exact) mass is 610 g/mol. The van der Waals surface area contributed by atoms with Crippen LogP contribution in [0.2, 0.25) is 18.1 Å². The third-order valence-electron chi connectivity index (χ3n) is 10.2. The highest BCUT2D eigenvalue weighted by Gasteiger charge is 2.46. The van der Waals surface area contributed by atoms with Gasteiger partial charge in [-0.3, -0.25) is 14.6 Å². The van der Waals surface area contributed by atoms with Gasteiger partial charge in [-0.25, -0.2) is 0 Å². The standard InChI is InChI=1S/C38H50N2O3Si/c1-37(2,3)44(5,6)43-35-25-28-40(29-30(35)24-27-39-26-16-23-34(39)36(41)42-4)38(31-17-10-7-11-18-31,32-19-12-8-13-20-32)33-21-14-9-15-22-33/h7-15,17-22,24,34-35H,16,23,25-29H2,1-6H3/b30-24+/t34-,35?/m0/s1. The number of hydrogen-bond donors (Lipinski definition) is 0. The molecule has 0 aliphatic carbocycles. The van der Waals surface area contributed by atoms with E-state index in [4.69, 9.17) is 9.16 Å². The second kappa shape index (κ2) is 13.5. The van der Waals surface area contributed by atoms with Crippen molar-refractivity contribution in [2.75, 3.05) is 33.3 Å². The highest BCUT2D eigenvalue weighted by atomic mass is 28.4. The number of hydrogen-bond acceptors (Lipinski definition) is 5. The van der Waals surface area contributed by atoms with Gasteiger partial charge in [-0.15, -0.1) is 0 Å². The molecule has 234 valence electrons. The first-order chi connectivity index (χ1) is 21.1. The van der Waals surface area contributed by atoms with Crippen LogP contribution < -0.4 is 0 Å². The van der Waals surface area contributed by atoms with Gasteiger partial charge < -0.3 is 9.16 Å². The van der Waals surface area contributed by atoms with E-state index in [1.165, 1.54) is 29.4 Å². The third kappa shape index (κ3) is 6.50. The summed E-state index contributed by atoms with van der Waals surface area (Å²) in [5, 5.41) is 0.113. The van der Waals surface area contributed by atoms with E-state index >= 15 is 0 Å². The van der Waals surface area contributed by atoms with Gasteiger partial charge in [-0.05, 0) is 66.2 Å². The van der Waals surface area contributed by atoms with Gasteiger partial charge in [0.2, 0.25) is 0 Å². The van der Waals surface area contributed by atoms with E-state index in [2.05, 4.69) is 141 Å². The maximum atomic E-state index is 12.6. The molecule has 2 atom stereocenters. The lowest BCUT2D eigenvalue weighted by Gasteiger charge is -2.50. The number of rotatable bonds is 9. The van der Waals surface area contributed by atoms with Crippen molar-refractivity contribution in [2.45, 2.75) is 75.9 Å². The van der Waals surface area contributed by atoms with Gasteiger partial charge in [0.1, 0.15) is 6.04 Å². The summed E-state index contributed by atoms with van der Waals surface area (Å²) in [5.41, 5.74) is 4.60. The lowest BCUT2D eigenvalue weighted by Crippen LogP contribution is -2.55. The molecule has 0 aromatic heterocycles. The van der Waals surface area contributed by atoms with Gasteiger partial charge in [-0.2, -0.15) is 0 Å². The van der Waals surface area contributed by atoms with E-state index in [1.807, 2.05) is 0 Å². The van der Waals surface area contributed by atoms with Crippen molar-refractivity contribution in [3.8, 4) is 0 Å². The van der Waals surface area contributed by atoms with Crippen molar-refractivity contribution in [2.24, 2.45) is 0 Å². The molecular formula is C38H50N2O3Si. The zero-order valence-corrected chi connectivity index (χ0v) is 28.5. The first-order valence-corrected chi connectivity index (χ1v) is 19.1. The average molecular weight is 611 g/mol. The summed E-state index contributed by atoms with van der Waals surface area (Å²) in [6, 6.07) is 32.7. The minimum atomic E-state index is -2.04. The number of carbonyl (C=O) groups is 1. The lowest BCUT2D eigenvalue weighted by atomic mass is 9.74. The average Bonchev–Trinajstić information content (AvgIpc) is 3.50. The Balaban J connectivity index is 1.60. The number of carbonyl (C=O) groups excluding carboxylic acids is 1. The molecule has 1 unspecified atom stereocenters. The first-order valence-electron chi connectivity index (χ1n) is 16.2. The molecule has 0 spiro atoms. The number of benzene rings is 3. The van der Waals surface area contributed by atoms with Gasteiger partial charge in [0, 0.05) is 19.6 Å². The zero-order valence-electron chi connectivity index (χ0n) is 27.5. The van der Waals surface area contributed by atoms with Crippen molar-refractivity contribution < 1.29 is 14.0 Å². The molecule has 2 heterocycles. The molecule has 44 heavy (non-hydrogen) atoms. The number of methoxy groups -OCH3 is 1. The summed E-state index contributed by atoms with van der Waals surface area (Å²) in [5.74, 6) is -0.128. The number of ether oxygens (including phenoxy) is 1. The van der Waals surface area contributed by atoms with Gasteiger partial charge >= 0.3 is 5.97 Å². The van der Waals surface area contributed by atoms with Crippen molar-refractivity contribution in [3.63, 3.8) is 0 Å². The van der Waals surface area contributed by atoms with Crippen LogP contribution in [0.3, 0.4) is 0 Å². The molecule has 2 aliphatic heterocycles. The van der Waals surface area contributed by atoms with Crippen molar-refractivity contribution in [3.05, 3.63) is 119 Å². The van der Waals surface area contributed by atoms with E-state index < -0.39 is 13.9 Å². The van der Waals surface area contributed by atoms with Crippen LogP contribution in [0.15, 0.2) is 103 Å². The van der Waals surface area contributed by atoms with E-state index in [0.717, 1.165) is 45.4 Å². The van der Waals surface area contributed by atoms with Crippen LogP contribution in [0.1, 0.15) is 56.7 Å². The maximum absolute atomic E-state index is 12.6. The topological polar surface area (TPSA) is 42.0 Å². The first kappa shape index (κ1) is 32.4. The predicted octanol–water partition coefficient (Wildman–Crippen LogP) is 7.64. The minimum absolute atomic E-state index is 0.0475. The largest absolute Gasteiger partial charge is 0.468 e. The van der Waals surface area contributed by atoms with E-state index in [9.17, 15) is 4.79 Å². The Morgan fingerprint density at radius 1 is 0.841 bits per heavy atom. The Labute approximate surface area is 266 Å². The fourth-order valence-electron chi connectivity index (χ4n) is 6.78. The molecule has 0 N–H and O–H groups in total. The minimum Gasteiger partial charge on any atom is -0.468 e. The van der Waals surface area contributed by atoms with Gasteiger partial charge in [-0.1, -0.05) is 118 Å².